The molecular formula is C15H16NO3P. The van der Waals surface area contributed by atoms with Gasteiger partial charge in [-0.2, -0.15) is 0 Å². The van der Waals surface area contributed by atoms with Gasteiger partial charge in [0.05, 0.1) is 6.61 Å². The van der Waals surface area contributed by atoms with Crippen molar-refractivity contribution in [3.63, 3.8) is 0 Å². The highest BCUT2D eigenvalue weighted by molar-refractivity contribution is 7.71. The number of hydrogen-bond acceptors (Lipinski definition) is 3. The number of nitrogens with one attached hydrogen (secondary N) is 1. The summed E-state index contributed by atoms with van der Waals surface area (Å²) in [6.07, 6.45) is 0. The van der Waals surface area contributed by atoms with Crippen LogP contribution in [0.3, 0.4) is 0 Å². The number of carboxylic acid groups (broad SMARTS) is 1. The van der Waals surface area contributed by atoms with Gasteiger partial charge in [0.1, 0.15) is 6.04 Å². The van der Waals surface area contributed by atoms with Crippen LogP contribution in [-0.4, -0.2) is 28.8 Å². The predicted molar refractivity (Wildman–Crippen MR) is 80.7 cm³/mol. The third kappa shape index (κ3) is 3.64. The third-order valence-corrected chi connectivity index (χ3v) is 4.99. The number of aliphatic hydroxyl groups is 1. The Labute approximate surface area is 118 Å². The Hall–Kier alpha value is -1.74. The minimum atomic E-state index is -1.05. The number of aliphatic carboxylic acids is 1. The molecule has 5 heteroatoms. The molecule has 3 N–H and O–H groups in total. The van der Waals surface area contributed by atoms with E-state index in [0.717, 1.165) is 10.6 Å². The second-order valence-electron chi connectivity index (χ2n) is 4.21. The summed E-state index contributed by atoms with van der Waals surface area (Å²) in [4.78, 5) is 11.1. The number of rotatable bonds is 6. The van der Waals surface area contributed by atoms with Crippen molar-refractivity contribution in [2.24, 2.45) is 0 Å². The molecule has 2 rings (SSSR count). The lowest BCUT2D eigenvalue weighted by atomic mass is 10.3. The second kappa shape index (κ2) is 7.15. The number of benzene rings is 2. The van der Waals surface area contributed by atoms with Crippen molar-refractivity contribution in [1.82, 2.24) is 5.09 Å². The molecule has 0 radical (unpaired) electrons. The van der Waals surface area contributed by atoms with Crippen LogP contribution in [0.5, 0.6) is 0 Å². The van der Waals surface area contributed by atoms with Crippen LogP contribution < -0.4 is 15.7 Å². The molecule has 0 aliphatic heterocycles. The fourth-order valence-electron chi connectivity index (χ4n) is 1.78. The van der Waals surface area contributed by atoms with Crippen molar-refractivity contribution < 1.29 is 15.0 Å². The lowest BCUT2D eigenvalue weighted by Gasteiger charge is -2.23. The molecule has 0 aliphatic rings. The predicted octanol–water partition coefficient (Wildman–Crippen LogP) is 1.07. The lowest BCUT2D eigenvalue weighted by Crippen LogP contribution is -2.40. The SMILES string of the molecule is O=C(O)C(CO)NP(c1ccccc1)c1ccccc1. The molecule has 2 aromatic rings. The van der Waals surface area contributed by atoms with Crippen molar-refractivity contribution in [2.75, 3.05) is 6.61 Å². The summed E-state index contributed by atoms with van der Waals surface area (Å²) < 4.78 is 0. The van der Waals surface area contributed by atoms with Crippen LogP contribution in [0.1, 0.15) is 0 Å². The first-order valence-corrected chi connectivity index (χ1v) is 7.56. The minimum Gasteiger partial charge on any atom is -0.480 e. The van der Waals surface area contributed by atoms with Crippen LogP contribution >= 0.6 is 8.07 Å². The Morgan fingerprint density at radius 2 is 1.45 bits per heavy atom. The molecule has 1 atom stereocenters. The van der Waals surface area contributed by atoms with E-state index in [1.807, 2.05) is 60.7 Å². The normalized spacial score (nSPS) is 12.3. The molecule has 0 spiro atoms. The summed E-state index contributed by atoms with van der Waals surface area (Å²) in [7, 11) is -1.02. The second-order valence-corrected chi connectivity index (χ2v) is 6.17. The fourth-order valence-corrected chi connectivity index (χ4v) is 3.82. The maximum absolute atomic E-state index is 11.1. The van der Waals surface area contributed by atoms with Crippen LogP contribution in [0.4, 0.5) is 0 Å². The zero-order chi connectivity index (χ0) is 14.4. The summed E-state index contributed by atoms with van der Waals surface area (Å²) in [6.45, 7) is -0.437. The van der Waals surface area contributed by atoms with Crippen LogP contribution in [0, 0.1) is 0 Å². The topological polar surface area (TPSA) is 69.6 Å². The summed E-state index contributed by atoms with van der Waals surface area (Å²) in [5.74, 6) is -1.05. The van der Waals surface area contributed by atoms with Crippen LogP contribution in [-0.2, 0) is 4.79 Å². The molecule has 0 fully saturated rings. The molecule has 1 unspecified atom stereocenters. The monoisotopic (exact) mass is 289 g/mol. The van der Waals surface area contributed by atoms with Gasteiger partial charge in [-0.15, -0.1) is 0 Å². The Morgan fingerprint density at radius 3 is 1.80 bits per heavy atom. The van der Waals surface area contributed by atoms with Gasteiger partial charge < -0.3 is 10.2 Å². The maximum atomic E-state index is 11.1. The molecule has 0 saturated heterocycles. The molecular weight excluding hydrogens is 273 g/mol. The Balaban J connectivity index is 2.32. The molecule has 0 bridgehead atoms. The summed E-state index contributed by atoms with van der Waals surface area (Å²) in [5, 5.41) is 23.4. The van der Waals surface area contributed by atoms with Crippen molar-refractivity contribution in [3.8, 4) is 0 Å². The molecule has 0 amide bonds. The molecule has 104 valence electrons. The van der Waals surface area contributed by atoms with E-state index in [9.17, 15) is 9.90 Å². The zero-order valence-electron chi connectivity index (χ0n) is 10.8. The van der Waals surface area contributed by atoms with E-state index in [1.54, 1.807) is 0 Å². The summed E-state index contributed by atoms with van der Waals surface area (Å²) in [6, 6.07) is 18.4. The first-order valence-electron chi connectivity index (χ1n) is 6.22. The van der Waals surface area contributed by atoms with Gasteiger partial charge in [-0.3, -0.25) is 9.88 Å². The van der Waals surface area contributed by atoms with Gasteiger partial charge in [-0.05, 0) is 10.6 Å². The summed E-state index contributed by atoms with van der Waals surface area (Å²) in [5.41, 5.74) is 0. The highest BCUT2D eigenvalue weighted by atomic mass is 31.1. The molecule has 0 aliphatic carbocycles. The molecule has 0 heterocycles. The maximum Gasteiger partial charge on any atom is 0.323 e. The molecule has 0 saturated carbocycles. The average Bonchev–Trinajstić information content (AvgIpc) is 2.50. The van der Waals surface area contributed by atoms with Gasteiger partial charge in [0.25, 0.3) is 0 Å². The fraction of sp³-hybridized carbons (Fsp3) is 0.133. The molecule has 2 aromatic carbocycles. The number of hydrogen-bond donors (Lipinski definition) is 3. The number of carbonyl (C=O) groups is 1. The van der Waals surface area contributed by atoms with Gasteiger partial charge in [0, 0.05) is 8.07 Å². The van der Waals surface area contributed by atoms with Gasteiger partial charge in [-0.25, -0.2) is 0 Å². The van der Waals surface area contributed by atoms with Crippen LogP contribution in [0.25, 0.3) is 0 Å². The smallest absolute Gasteiger partial charge is 0.323 e. The largest absolute Gasteiger partial charge is 0.480 e. The van der Waals surface area contributed by atoms with Crippen molar-refractivity contribution in [1.29, 1.82) is 0 Å². The van der Waals surface area contributed by atoms with Gasteiger partial charge >= 0.3 is 5.97 Å². The van der Waals surface area contributed by atoms with E-state index >= 15 is 0 Å². The van der Waals surface area contributed by atoms with Crippen LogP contribution in [0.15, 0.2) is 60.7 Å². The quantitative estimate of drug-likeness (QED) is 0.696. The number of aliphatic hydroxyl groups excluding tert-OH is 1. The molecule has 0 aromatic heterocycles. The lowest BCUT2D eigenvalue weighted by molar-refractivity contribution is -0.139. The van der Waals surface area contributed by atoms with E-state index in [4.69, 9.17) is 5.11 Å². The Morgan fingerprint density at radius 1 is 1.00 bits per heavy atom. The van der Waals surface area contributed by atoms with Gasteiger partial charge in [0.2, 0.25) is 0 Å². The minimum absolute atomic E-state index is 0.437. The highest BCUT2D eigenvalue weighted by Crippen LogP contribution is 2.29. The van der Waals surface area contributed by atoms with E-state index in [0.29, 0.717) is 0 Å². The standard InChI is InChI=1S/C15H16NO3P/c17-11-14(15(18)19)16-20(12-7-3-1-4-8-12)13-9-5-2-6-10-13/h1-10,14,16-17H,11H2,(H,18,19). The highest BCUT2D eigenvalue weighted by Gasteiger charge is 2.22. The van der Waals surface area contributed by atoms with E-state index in [1.165, 1.54) is 0 Å². The van der Waals surface area contributed by atoms with E-state index in [2.05, 4.69) is 5.09 Å². The van der Waals surface area contributed by atoms with Gasteiger partial charge in [0.15, 0.2) is 0 Å². The first-order chi connectivity index (χ1) is 9.72. The van der Waals surface area contributed by atoms with Crippen molar-refractivity contribution in [2.45, 2.75) is 6.04 Å². The van der Waals surface area contributed by atoms with Crippen molar-refractivity contribution >= 4 is 24.7 Å². The zero-order valence-corrected chi connectivity index (χ0v) is 11.7. The Kier molecular flexibility index (Phi) is 5.24. The van der Waals surface area contributed by atoms with Crippen LogP contribution in [0.2, 0.25) is 0 Å². The molecule has 20 heavy (non-hydrogen) atoms. The summed E-state index contributed by atoms with van der Waals surface area (Å²) >= 11 is 0. The number of carboxylic acids is 1. The first kappa shape index (κ1) is 14.7. The average molecular weight is 289 g/mol. The molecule has 4 nitrogen and oxygen atoms in total. The van der Waals surface area contributed by atoms with Gasteiger partial charge in [-0.1, -0.05) is 60.7 Å². The van der Waals surface area contributed by atoms with E-state index < -0.39 is 26.7 Å². The van der Waals surface area contributed by atoms with E-state index in [-0.39, 0.29) is 0 Å². The third-order valence-electron chi connectivity index (χ3n) is 2.79. The Bertz CT molecular complexity index is 508. The van der Waals surface area contributed by atoms with Crippen molar-refractivity contribution in [3.05, 3.63) is 60.7 Å².